The molecular formula is C32H42N8O4S. The van der Waals surface area contributed by atoms with E-state index in [1.54, 1.807) is 46.5 Å². The van der Waals surface area contributed by atoms with Crippen molar-refractivity contribution in [3.05, 3.63) is 51.7 Å². The van der Waals surface area contributed by atoms with Gasteiger partial charge < -0.3 is 25.5 Å². The number of nitrogens with zero attached hydrogens (tertiary/aromatic N) is 6. The zero-order valence-corrected chi connectivity index (χ0v) is 27.0. The van der Waals surface area contributed by atoms with Crippen molar-refractivity contribution in [2.45, 2.75) is 89.3 Å². The van der Waals surface area contributed by atoms with Crippen molar-refractivity contribution in [2.24, 2.45) is 0 Å². The number of benzene rings is 1. The van der Waals surface area contributed by atoms with Crippen LogP contribution in [0.15, 0.2) is 30.5 Å². The first-order chi connectivity index (χ1) is 21.6. The summed E-state index contributed by atoms with van der Waals surface area (Å²) in [5.41, 5.74) is 1.36. The molecule has 7 rings (SSSR count). The fraction of sp³-hybridized carbons (Fsp3) is 0.562. The summed E-state index contributed by atoms with van der Waals surface area (Å²) in [4.78, 5) is 51.5. The van der Waals surface area contributed by atoms with Crippen LogP contribution in [0.2, 0.25) is 0 Å². The van der Waals surface area contributed by atoms with Crippen LogP contribution in [0.5, 0.6) is 5.75 Å². The standard InChI is InChI=1S/C32H42N8O4S/c1-20(2)38-14-10-32(11-15-38)18-29(43)33-27(16-23-19-40(37-36-23)24-4-6-25(41)7-5-24)31(44)39-12-8-22(9-13-39)30-34-26(21(3)45-30)17-28(42)35-32/h4-7,19-20,22,27,41H,8-18H2,1-3H3,(H,33,43)(H,35,42)/t27-/m1/s1. The minimum Gasteiger partial charge on any atom is -0.508 e. The van der Waals surface area contributed by atoms with E-state index in [2.05, 4.69) is 39.7 Å². The summed E-state index contributed by atoms with van der Waals surface area (Å²) in [6.45, 7) is 9.00. The lowest BCUT2D eigenvalue weighted by Crippen LogP contribution is -2.59. The Balaban J connectivity index is 1.28. The van der Waals surface area contributed by atoms with E-state index >= 15 is 0 Å². The van der Waals surface area contributed by atoms with E-state index in [0.29, 0.717) is 43.4 Å². The lowest BCUT2D eigenvalue weighted by atomic mass is 9.83. The SMILES string of the molecule is Cc1sc2nc1CC(=O)NC1(CCN(C(C)C)CC1)CC(=O)N[C@H](Cc1cn(-c3ccc(O)cc3)nn1)C(=O)N1CCC2CC1. The van der Waals surface area contributed by atoms with Gasteiger partial charge in [0.2, 0.25) is 17.7 Å². The number of carbonyl (C=O) groups excluding carboxylic acids is 3. The quantitative estimate of drug-likeness (QED) is 0.397. The molecule has 0 unspecified atom stereocenters. The fourth-order valence-corrected chi connectivity index (χ4v) is 7.86. The zero-order valence-electron chi connectivity index (χ0n) is 26.2. The van der Waals surface area contributed by atoms with Gasteiger partial charge in [-0.15, -0.1) is 16.4 Å². The average molecular weight is 635 g/mol. The summed E-state index contributed by atoms with van der Waals surface area (Å²) in [6, 6.07) is 6.13. The first-order valence-corrected chi connectivity index (χ1v) is 16.7. The van der Waals surface area contributed by atoms with Crippen molar-refractivity contribution >= 4 is 29.1 Å². The highest BCUT2D eigenvalue weighted by Crippen LogP contribution is 2.34. The Hall–Kier alpha value is -3.84. The molecule has 0 saturated carbocycles. The Morgan fingerprint density at radius 3 is 2.44 bits per heavy atom. The molecule has 2 saturated heterocycles. The maximum Gasteiger partial charge on any atom is 0.245 e. The number of amides is 3. The maximum absolute atomic E-state index is 14.0. The number of thiazole rings is 1. The van der Waals surface area contributed by atoms with Gasteiger partial charge in [0.25, 0.3) is 0 Å². The predicted octanol–water partition coefficient (Wildman–Crippen LogP) is 2.48. The van der Waals surface area contributed by atoms with Crippen LogP contribution in [-0.4, -0.2) is 96.4 Å². The highest BCUT2D eigenvalue weighted by atomic mass is 32.1. The van der Waals surface area contributed by atoms with E-state index in [4.69, 9.17) is 4.98 Å². The molecule has 2 fully saturated rings. The third kappa shape index (κ3) is 7.04. The van der Waals surface area contributed by atoms with Crippen LogP contribution in [-0.2, 0) is 27.2 Å². The zero-order chi connectivity index (χ0) is 31.7. The summed E-state index contributed by atoms with van der Waals surface area (Å²) in [7, 11) is 0. The van der Waals surface area contributed by atoms with Gasteiger partial charge in [-0.1, -0.05) is 5.21 Å². The number of nitrogens with one attached hydrogen (secondary N) is 2. The molecule has 4 aliphatic rings. The third-order valence-corrected chi connectivity index (χ3v) is 10.7. The molecule has 45 heavy (non-hydrogen) atoms. The lowest BCUT2D eigenvalue weighted by molar-refractivity contribution is -0.138. The van der Waals surface area contributed by atoms with Gasteiger partial charge in [0.05, 0.1) is 40.2 Å². The van der Waals surface area contributed by atoms with Crippen LogP contribution in [0, 0.1) is 6.92 Å². The van der Waals surface area contributed by atoms with Gasteiger partial charge in [0.15, 0.2) is 0 Å². The third-order valence-electron chi connectivity index (χ3n) is 9.48. The number of piperidine rings is 2. The molecule has 13 heteroatoms. The molecule has 0 aliphatic carbocycles. The summed E-state index contributed by atoms with van der Waals surface area (Å²) >= 11 is 1.65. The number of carbonyl (C=O) groups is 3. The number of fused-ring (bicyclic) bond motifs is 8. The number of rotatable bonds is 4. The van der Waals surface area contributed by atoms with Crippen LogP contribution in [0.25, 0.3) is 5.69 Å². The van der Waals surface area contributed by atoms with Crippen molar-refractivity contribution in [3.8, 4) is 11.4 Å². The molecule has 4 bridgehead atoms. The smallest absolute Gasteiger partial charge is 0.245 e. The molecule has 3 N–H and O–H groups in total. The summed E-state index contributed by atoms with van der Waals surface area (Å²) in [5.74, 6) is -0.159. The largest absolute Gasteiger partial charge is 0.508 e. The van der Waals surface area contributed by atoms with Crippen molar-refractivity contribution in [2.75, 3.05) is 26.2 Å². The molecule has 6 heterocycles. The van der Waals surface area contributed by atoms with Gasteiger partial charge in [-0.05, 0) is 70.7 Å². The Kier molecular flexibility index (Phi) is 8.91. The van der Waals surface area contributed by atoms with Crippen molar-refractivity contribution < 1.29 is 19.5 Å². The maximum atomic E-state index is 14.0. The second-order valence-corrected chi connectivity index (χ2v) is 14.2. The van der Waals surface area contributed by atoms with Gasteiger partial charge in [0.1, 0.15) is 11.8 Å². The van der Waals surface area contributed by atoms with E-state index in [1.807, 2.05) is 11.8 Å². The molecule has 0 radical (unpaired) electrons. The molecular weight excluding hydrogens is 592 g/mol. The monoisotopic (exact) mass is 634 g/mol. The molecule has 3 amide bonds. The van der Waals surface area contributed by atoms with E-state index in [9.17, 15) is 19.5 Å². The van der Waals surface area contributed by atoms with Crippen LogP contribution >= 0.6 is 11.3 Å². The summed E-state index contributed by atoms with van der Waals surface area (Å²) in [5, 5.41) is 25.5. The van der Waals surface area contributed by atoms with E-state index < -0.39 is 11.6 Å². The number of aromatic nitrogens is 4. The summed E-state index contributed by atoms with van der Waals surface area (Å²) in [6.07, 6.45) is 5.02. The molecule has 2 aromatic heterocycles. The molecule has 12 nitrogen and oxygen atoms in total. The minimum atomic E-state index is -0.830. The first-order valence-electron chi connectivity index (χ1n) is 15.9. The number of likely N-dealkylation sites (tertiary alicyclic amines) is 1. The number of aromatic hydroxyl groups is 1. The number of aryl methyl sites for hydroxylation is 1. The van der Waals surface area contributed by atoms with Crippen molar-refractivity contribution in [1.82, 2.24) is 40.4 Å². The van der Waals surface area contributed by atoms with Crippen LogP contribution in [0.4, 0.5) is 0 Å². The molecule has 1 spiro atoms. The number of hydrogen-bond donors (Lipinski definition) is 3. The Bertz CT molecular complexity index is 1530. The van der Waals surface area contributed by atoms with Crippen molar-refractivity contribution in [3.63, 3.8) is 0 Å². The van der Waals surface area contributed by atoms with Gasteiger partial charge >= 0.3 is 0 Å². The van der Waals surface area contributed by atoms with E-state index in [1.165, 1.54) is 0 Å². The van der Waals surface area contributed by atoms with E-state index in [0.717, 1.165) is 41.5 Å². The Labute approximate surface area is 267 Å². The predicted molar refractivity (Wildman–Crippen MR) is 169 cm³/mol. The minimum absolute atomic E-state index is 0.0814. The molecule has 1 aromatic carbocycles. The molecule has 240 valence electrons. The van der Waals surface area contributed by atoms with Crippen LogP contribution in [0.1, 0.15) is 73.1 Å². The topological polar surface area (TPSA) is 146 Å². The molecule has 3 aromatic rings. The van der Waals surface area contributed by atoms with Gasteiger partial charge in [0, 0.05) is 55.9 Å². The summed E-state index contributed by atoms with van der Waals surface area (Å²) < 4.78 is 1.58. The second-order valence-electron chi connectivity index (χ2n) is 13.0. The van der Waals surface area contributed by atoms with Gasteiger partial charge in [-0.25, -0.2) is 9.67 Å². The van der Waals surface area contributed by atoms with E-state index in [-0.39, 0.29) is 48.7 Å². The highest BCUT2D eigenvalue weighted by Gasteiger charge is 2.40. The fourth-order valence-electron chi connectivity index (χ4n) is 6.75. The highest BCUT2D eigenvalue weighted by molar-refractivity contribution is 7.11. The van der Waals surface area contributed by atoms with Crippen LogP contribution in [0.3, 0.4) is 0 Å². The molecule has 4 aliphatic heterocycles. The van der Waals surface area contributed by atoms with Crippen molar-refractivity contribution in [1.29, 1.82) is 0 Å². The Morgan fingerprint density at radius 1 is 1.04 bits per heavy atom. The number of phenolic OH excluding ortho intramolecular Hbond substituents is 1. The van der Waals surface area contributed by atoms with Gasteiger partial charge in [-0.2, -0.15) is 0 Å². The Morgan fingerprint density at radius 2 is 1.76 bits per heavy atom. The average Bonchev–Trinajstić information content (AvgIpc) is 3.63. The normalized spacial score (nSPS) is 21.8. The number of phenols is 1. The van der Waals surface area contributed by atoms with Crippen LogP contribution < -0.4 is 10.6 Å². The number of hydrogen-bond acceptors (Lipinski definition) is 9. The second kappa shape index (κ2) is 12.9. The van der Waals surface area contributed by atoms with Gasteiger partial charge in [-0.3, -0.25) is 14.4 Å². The molecule has 1 atom stereocenters. The first kappa shape index (κ1) is 31.2. The lowest BCUT2D eigenvalue weighted by Gasteiger charge is -2.43.